The summed E-state index contributed by atoms with van der Waals surface area (Å²) < 4.78 is 0. The van der Waals surface area contributed by atoms with E-state index in [0.29, 0.717) is 13.1 Å². The van der Waals surface area contributed by atoms with E-state index in [1.165, 1.54) is 0 Å². The minimum Gasteiger partial charge on any atom is -0.392 e. The quantitative estimate of drug-likeness (QED) is 0.529. The summed E-state index contributed by atoms with van der Waals surface area (Å²) in [7, 11) is 1.94. The highest BCUT2D eigenvalue weighted by Gasteiger charge is 1.99. The Hall–Kier alpha value is -0.120. The molecule has 0 spiro atoms. The largest absolute Gasteiger partial charge is 0.392 e. The van der Waals surface area contributed by atoms with Gasteiger partial charge in [-0.15, -0.1) is 0 Å². The Labute approximate surface area is 56.5 Å². The van der Waals surface area contributed by atoms with Crippen LogP contribution in [0.25, 0.3) is 0 Å². The zero-order valence-electron chi connectivity index (χ0n) is 6.17. The number of nitrogens with zero attached hydrogens (tertiary/aromatic N) is 1. The Morgan fingerprint density at radius 3 is 2.56 bits per heavy atom. The molecule has 0 aromatic heterocycles. The summed E-state index contributed by atoms with van der Waals surface area (Å²) in [4.78, 5) is 2.00. The molecule has 0 heterocycles. The Morgan fingerprint density at radius 1 is 1.67 bits per heavy atom. The van der Waals surface area contributed by atoms with Crippen molar-refractivity contribution in [2.75, 3.05) is 26.7 Å². The Morgan fingerprint density at radius 2 is 2.22 bits per heavy atom. The van der Waals surface area contributed by atoms with Crippen LogP contribution in [0.1, 0.15) is 6.92 Å². The monoisotopic (exact) mass is 132 g/mol. The molecule has 3 heteroatoms. The van der Waals surface area contributed by atoms with Crippen molar-refractivity contribution < 1.29 is 5.11 Å². The predicted octanol–water partition coefficient (Wildman–Crippen LogP) is -0.742. The molecular formula is C6H16N2O. The van der Waals surface area contributed by atoms with E-state index in [9.17, 15) is 0 Å². The summed E-state index contributed by atoms with van der Waals surface area (Å²) in [6, 6.07) is 0. The van der Waals surface area contributed by atoms with Gasteiger partial charge in [-0.2, -0.15) is 0 Å². The van der Waals surface area contributed by atoms with E-state index in [0.717, 1.165) is 6.54 Å². The van der Waals surface area contributed by atoms with Crippen LogP contribution in [0.3, 0.4) is 0 Å². The minimum atomic E-state index is -0.249. The van der Waals surface area contributed by atoms with Gasteiger partial charge in [-0.05, 0) is 14.0 Å². The zero-order chi connectivity index (χ0) is 7.28. The van der Waals surface area contributed by atoms with Crippen molar-refractivity contribution in [3.63, 3.8) is 0 Å². The summed E-state index contributed by atoms with van der Waals surface area (Å²) in [5.41, 5.74) is 5.28. The fraction of sp³-hybridized carbons (Fsp3) is 1.00. The number of hydrogen-bond donors (Lipinski definition) is 2. The highest BCUT2D eigenvalue weighted by atomic mass is 16.3. The van der Waals surface area contributed by atoms with Crippen molar-refractivity contribution in [3.8, 4) is 0 Å². The first-order chi connectivity index (χ1) is 4.16. The Balaban J connectivity index is 3.15. The van der Waals surface area contributed by atoms with Crippen LogP contribution in [-0.4, -0.2) is 42.8 Å². The molecule has 3 nitrogen and oxygen atoms in total. The number of aliphatic hydroxyl groups excluding tert-OH is 1. The predicted molar refractivity (Wildman–Crippen MR) is 38.2 cm³/mol. The van der Waals surface area contributed by atoms with Gasteiger partial charge in [0, 0.05) is 19.6 Å². The number of rotatable bonds is 4. The molecular weight excluding hydrogens is 116 g/mol. The standard InChI is InChI=1S/C6H16N2O/c1-6(9)5-8(2)4-3-7/h6,9H,3-5,7H2,1-2H3/t6-/m0/s1. The van der Waals surface area contributed by atoms with Gasteiger partial charge in [0.15, 0.2) is 0 Å². The number of likely N-dealkylation sites (N-methyl/N-ethyl adjacent to an activating group) is 1. The van der Waals surface area contributed by atoms with Gasteiger partial charge >= 0.3 is 0 Å². The molecule has 0 rings (SSSR count). The van der Waals surface area contributed by atoms with Gasteiger partial charge in [0.1, 0.15) is 0 Å². The zero-order valence-corrected chi connectivity index (χ0v) is 6.17. The van der Waals surface area contributed by atoms with Crippen molar-refractivity contribution in [2.24, 2.45) is 5.73 Å². The maximum Gasteiger partial charge on any atom is 0.0638 e. The molecule has 0 unspecified atom stereocenters. The maximum absolute atomic E-state index is 8.87. The van der Waals surface area contributed by atoms with Crippen LogP contribution in [0.2, 0.25) is 0 Å². The first-order valence-corrected chi connectivity index (χ1v) is 3.23. The molecule has 0 saturated carbocycles. The molecule has 0 aliphatic rings. The SMILES string of the molecule is C[C@H](O)CN(C)CCN. The fourth-order valence-electron chi connectivity index (χ4n) is 0.763. The number of nitrogens with two attached hydrogens (primary N) is 1. The molecule has 1 atom stereocenters. The lowest BCUT2D eigenvalue weighted by Gasteiger charge is -2.16. The summed E-state index contributed by atoms with van der Waals surface area (Å²) in [6.45, 7) is 3.98. The Bertz CT molecular complexity index is 66.1. The van der Waals surface area contributed by atoms with Crippen LogP contribution in [0.4, 0.5) is 0 Å². The van der Waals surface area contributed by atoms with Crippen LogP contribution in [0.15, 0.2) is 0 Å². The molecule has 0 aliphatic carbocycles. The van der Waals surface area contributed by atoms with E-state index in [1.807, 2.05) is 11.9 Å². The van der Waals surface area contributed by atoms with Gasteiger partial charge in [-0.25, -0.2) is 0 Å². The lowest BCUT2D eigenvalue weighted by atomic mass is 10.4. The molecule has 3 N–H and O–H groups in total. The molecule has 0 fully saturated rings. The smallest absolute Gasteiger partial charge is 0.0638 e. The molecule has 0 amide bonds. The molecule has 0 radical (unpaired) electrons. The average molecular weight is 132 g/mol. The van der Waals surface area contributed by atoms with E-state index >= 15 is 0 Å². The summed E-state index contributed by atoms with van der Waals surface area (Å²) in [5.74, 6) is 0. The van der Waals surface area contributed by atoms with Gasteiger partial charge in [0.05, 0.1) is 6.10 Å². The van der Waals surface area contributed by atoms with Crippen molar-refractivity contribution >= 4 is 0 Å². The lowest BCUT2D eigenvalue weighted by Crippen LogP contribution is -2.31. The second-order valence-electron chi connectivity index (χ2n) is 2.40. The van der Waals surface area contributed by atoms with Crippen molar-refractivity contribution in [2.45, 2.75) is 13.0 Å². The van der Waals surface area contributed by atoms with Gasteiger partial charge in [0.2, 0.25) is 0 Å². The summed E-state index contributed by atoms with van der Waals surface area (Å²) in [5, 5.41) is 8.87. The van der Waals surface area contributed by atoms with Gasteiger partial charge in [-0.1, -0.05) is 0 Å². The van der Waals surface area contributed by atoms with Crippen molar-refractivity contribution in [1.29, 1.82) is 0 Å². The van der Waals surface area contributed by atoms with Crippen molar-refractivity contribution in [3.05, 3.63) is 0 Å². The highest BCUT2D eigenvalue weighted by molar-refractivity contribution is 4.55. The van der Waals surface area contributed by atoms with E-state index < -0.39 is 0 Å². The first kappa shape index (κ1) is 8.88. The van der Waals surface area contributed by atoms with Crippen LogP contribution in [0, 0.1) is 0 Å². The van der Waals surface area contributed by atoms with E-state index in [1.54, 1.807) is 6.92 Å². The molecule has 56 valence electrons. The molecule has 0 aromatic rings. The van der Waals surface area contributed by atoms with Crippen LogP contribution < -0.4 is 5.73 Å². The average Bonchev–Trinajstić information content (AvgIpc) is 1.63. The maximum atomic E-state index is 8.87. The van der Waals surface area contributed by atoms with E-state index in [2.05, 4.69) is 0 Å². The van der Waals surface area contributed by atoms with Crippen LogP contribution in [0.5, 0.6) is 0 Å². The molecule has 0 bridgehead atoms. The lowest BCUT2D eigenvalue weighted by molar-refractivity contribution is 0.143. The van der Waals surface area contributed by atoms with E-state index in [-0.39, 0.29) is 6.10 Å². The second kappa shape index (κ2) is 4.73. The summed E-state index contributed by atoms with van der Waals surface area (Å²) in [6.07, 6.45) is -0.249. The topological polar surface area (TPSA) is 49.5 Å². The molecule has 0 aliphatic heterocycles. The third-order valence-corrected chi connectivity index (χ3v) is 1.09. The third kappa shape index (κ3) is 5.76. The van der Waals surface area contributed by atoms with Crippen LogP contribution in [-0.2, 0) is 0 Å². The third-order valence-electron chi connectivity index (χ3n) is 1.09. The summed E-state index contributed by atoms with van der Waals surface area (Å²) >= 11 is 0. The molecule has 0 aromatic carbocycles. The minimum absolute atomic E-state index is 0.249. The number of hydrogen-bond acceptors (Lipinski definition) is 3. The number of aliphatic hydroxyl groups is 1. The fourth-order valence-corrected chi connectivity index (χ4v) is 0.763. The second-order valence-corrected chi connectivity index (χ2v) is 2.40. The van der Waals surface area contributed by atoms with Gasteiger partial charge < -0.3 is 15.7 Å². The molecule has 9 heavy (non-hydrogen) atoms. The normalized spacial score (nSPS) is 14.3. The van der Waals surface area contributed by atoms with Gasteiger partial charge in [0.25, 0.3) is 0 Å². The first-order valence-electron chi connectivity index (χ1n) is 3.23. The van der Waals surface area contributed by atoms with E-state index in [4.69, 9.17) is 10.8 Å². The molecule has 0 saturated heterocycles. The Kier molecular flexibility index (Phi) is 4.67. The van der Waals surface area contributed by atoms with Crippen molar-refractivity contribution in [1.82, 2.24) is 4.90 Å². The van der Waals surface area contributed by atoms with Crippen LogP contribution >= 0.6 is 0 Å². The van der Waals surface area contributed by atoms with Gasteiger partial charge in [-0.3, -0.25) is 0 Å². The highest BCUT2D eigenvalue weighted by Crippen LogP contribution is 1.84.